The number of halogens is 1. The molecule has 1 unspecified atom stereocenters. The number of hydrogen-bond acceptors (Lipinski definition) is 3. The molecule has 2 rings (SSSR count). The molecule has 0 bridgehead atoms. The Balaban J connectivity index is 2.32. The molecule has 1 atom stereocenters. The smallest absolute Gasteiger partial charge is 0.124 e. The van der Waals surface area contributed by atoms with E-state index < -0.39 is 0 Å². The van der Waals surface area contributed by atoms with Gasteiger partial charge in [-0.15, -0.1) is 0 Å². The summed E-state index contributed by atoms with van der Waals surface area (Å²) in [5.41, 5.74) is 3.68. The van der Waals surface area contributed by atoms with Crippen LogP contribution in [-0.2, 0) is 0 Å². The van der Waals surface area contributed by atoms with E-state index in [9.17, 15) is 5.26 Å². The van der Waals surface area contributed by atoms with Gasteiger partial charge in [-0.25, -0.2) is 0 Å². The lowest BCUT2D eigenvalue weighted by Gasteiger charge is -2.19. The second-order valence-electron chi connectivity index (χ2n) is 4.91. The minimum Gasteiger partial charge on any atom is -0.496 e. The van der Waals surface area contributed by atoms with Crippen LogP contribution in [0.5, 0.6) is 5.75 Å². The molecule has 0 aromatic heterocycles. The second kappa shape index (κ2) is 6.64. The fourth-order valence-corrected chi connectivity index (χ4v) is 2.60. The van der Waals surface area contributed by atoms with E-state index in [1.807, 2.05) is 30.3 Å². The van der Waals surface area contributed by atoms with Crippen molar-refractivity contribution >= 4 is 21.6 Å². The van der Waals surface area contributed by atoms with E-state index in [0.29, 0.717) is 5.56 Å². The van der Waals surface area contributed by atoms with Crippen LogP contribution in [0.4, 0.5) is 5.69 Å². The molecule has 0 saturated carbocycles. The maximum absolute atomic E-state index is 9.24. The first-order valence-corrected chi connectivity index (χ1v) is 7.45. The van der Waals surface area contributed by atoms with Gasteiger partial charge in [0.2, 0.25) is 0 Å². The zero-order valence-electron chi connectivity index (χ0n) is 12.3. The molecule has 108 valence electrons. The maximum atomic E-state index is 9.24. The Labute approximate surface area is 133 Å². The van der Waals surface area contributed by atoms with Gasteiger partial charge in [-0.2, -0.15) is 5.26 Å². The number of ether oxygens (including phenoxy) is 1. The van der Waals surface area contributed by atoms with Crippen molar-refractivity contribution in [1.29, 1.82) is 5.26 Å². The van der Waals surface area contributed by atoms with Crippen molar-refractivity contribution in [3.63, 3.8) is 0 Å². The largest absolute Gasteiger partial charge is 0.496 e. The third-order valence-corrected chi connectivity index (χ3v) is 3.82. The second-order valence-corrected chi connectivity index (χ2v) is 5.83. The number of nitriles is 1. The van der Waals surface area contributed by atoms with Crippen LogP contribution < -0.4 is 10.1 Å². The summed E-state index contributed by atoms with van der Waals surface area (Å²) >= 11 is 3.38. The highest BCUT2D eigenvalue weighted by Gasteiger charge is 2.13. The Morgan fingerprint density at radius 2 is 2.00 bits per heavy atom. The number of anilines is 1. The monoisotopic (exact) mass is 344 g/mol. The van der Waals surface area contributed by atoms with Crippen molar-refractivity contribution in [3.8, 4) is 11.8 Å². The molecule has 0 radical (unpaired) electrons. The normalized spacial score (nSPS) is 11.6. The highest BCUT2D eigenvalue weighted by Crippen LogP contribution is 2.30. The predicted molar refractivity (Wildman–Crippen MR) is 88.6 cm³/mol. The molecule has 4 heteroatoms. The Morgan fingerprint density at radius 1 is 1.24 bits per heavy atom. The van der Waals surface area contributed by atoms with Crippen LogP contribution in [0, 0.1) is 18.3 Å². The molecule has 3 nitrogen and oxygen atoms in total. The van der Waals surface area contributed by atoms with Gasteiger partial charge in [0.25, 0.3) is 0 Å². The molecule has 0 aliphatic heterocycles. The molecule has 0 aliphatic rings. The van der Waals surface area contributed by atoms with Gasteiger partial charge >= 0.3 is 0 Å². The van der Waals surface area contributed by atoms with E-state index in [1.165, 1.54) is 5.56 Å². The van der Waals surface area contributed by atoms with Crippen molar-refractivity contribution in [2.24, 2.45) is 0 Å². The fraction of sp³-hybridized carbons (Fsp3) is 0.235. The number of rotatable bonds is 4. The molecule has 1 N–H and O–H groups in total. The van der Waals surface area contributed by atoms with E-state index in [-0.39, 0.29) is 6.04 Å². The molecular formula is C17H17BrN2O. The van der Waals surface area contributed by atoms with Crippen molar-refractivity contribution in [2.75, 3.05) is 12.4 Å². The van der Waals surface area contributed by atoms with Gasteiger partial charge in [-0.05, 0) is 38.1 Å². The molecule has 2 aromatic carbocycles. The van der Waals surface area contributed by atoms with Gasteiger partial charge < -0.3 is 10.1 Å². The Morgan fingerprint density at radius 3 is 2.67 bits per heavy atom. The molecule has 21 heavy (non-hydrogen) atoms. The van der Waals surface area contributed by atoms with Gasteiger partial charge in [-0.1, -0.05) is 33.6 Å². The van der Waals surface area contributed by atoms with Crippen LogP contribution >= 0.6 is 15.9 Å². The maximum Gasteiger partial charge on any atom is 0.124 e. The first kappa shape index (κ1) is 15.4. The predicted octanol–water partition coefficient (Wildman–Crippen LogP) is 4.81. The van der Waals surface area contributed by atoms with Gasteiger partial charge in [0.1, 0.15) is 11.8 Å². The first-order chi connectivity index (χ1) is 10.0. The van der Waals surface area contributed by atoms with Crippen LogP contribution in [-0.4, -0.2) is 7.11 Å². The van der Waals surface area contributed by atoms with Crippen molar-refractivity contribution in [2.45, 2.75) is 19.9 Å². The standard InChI is InChI=1S/C17H17BrN2O/c1-11-4-7-17(21-3)15(8-11)12(2)20-16-6-5-14(18)9-13(16)10-19/h4-9,12,20H,1-3H3. The number of methoxy groups -OCH3 is 1. The lowest BCUT2D eigenvalue weighted by molar-refractivity contribution is 0.408. The molecule has 0 saturated heterocycles. The fourth-order valence-electron chi connectivity index (χ4n) is 2.24. The lowest BCUT2D eigenvalue weighted by Crippen LogP contribution is -2.09. The highest BCUT2D eigenvalue weighted by molar-refractivity contribution is 9.10. The summed E-state index contributed by atoms with van der Waals surface area (Å²) < 4.78 is 6.32. The Bertz CT molecular complexity index is 692. The molecule has 0 aliphatic carbocycles. The minimum atomic E-state index is 0.0353. The summed E-state index contributed by atoms with van der Waals surface area (Å²) in [6.07, 6.45) is 0. The summed E-state index contributed by atoms with van der Waals surface area (Å²) in [7, 11) is 1.67. The number of nitrogens with zero attached hydrogens (tertiary/aromatic N) is 1. The average Bonchev–Trinajstić information content (AvgIpc) is 2.48. The van der Waals surface area contributed by atoms with Crippen LogP contribution in [0.2, 0.25) is 0 Å². The van der Waals surface area contributed by atoms with Gasteiger partial charge in [-0.3, -0.25) is 0 Å². The number of nitrogens with one attached hydrogen (secondary N) is 1. The summed E-state index contributed by atoms with van der Waals surface area (Å²) in [5, 5.41) is 12.6. The number of benzene rings is 2. The molecule has 0 heterocycles. The van der Waals surface area contributed by atoms with Crippen LogP contribution in [0.3, 0.4) is 0 Å². The Kier molecular flexibility index (Phi) is 4.87. The average molecular weight is 345 g/mol. The van der Waals surface area contributed by atoms with Crippen LogP contribution in [0.25, 0.3) is 0 Å². The van der Waals surface area contributed by atoms with E-state index >= 15 is 0 Å². The topological polar surface area (TPSA) is 45.0 Å². The highest BCUT2D eigenvalue weighted by atomic mass is 79.9. The molecular weight excluding hydrogens is 328 g/mol. The van der Waals surface area contributed by atoms with Crippen molar-refractivity contribution < 1.29 is 4.74 Å². The number of hydrogen-bond donors (Lipinski definition) is 1. The Hall–Kier alpha value is -1.99. The zero-order valence-corrected chi connectivity index (χ0v) is 13.9. The summed E-state index contributed by atoms with van der Waals surface area (Å²) in [6.45, 7) is 4.11. The third kappa shape index (κ3) is 3.56. The number of aryl methyl sites for hydroxylation is 1. The van der Waals surface area contributed by atoms with E-state index in [1.54, 1.807) is 7.11 Å². The van der Waals surface area contributed by atoms with Gasteiger partial charge in [0, 0.05) is 10.0 Å². The molecule has 2 aromatic rings. The summed E-state index contributed by atoms with van der Waals surface area (Å²) in [6, 6.07) is 14.0. The van der Waals surface area contributed by atoms with Crippen molar-refractivity contribution in [3.05, 3.63) is 57.6 Å². The first-order valence-electron chi connectivity index (χ1n) is 6.66. The molecule has 0 spiro atoms. The van der Waals surface area contributed by atoms with Gasteiger partial charge in [0.15, 0.2) is 0 Å². The summed E-state index contributed by atoms with van der Waals surface area (Å²) in [4.78, 5) is 0. The van der Waals surface area contributed by atoms with Crippen molar-refractivity contribution in [1.82, 2.24) is 0 Å². The van der Waals surface area contributed by atoms with E-state index in [2.05, 4.69) is 47.2 Å². The third-order valence-electron chi connectivity index (χ3n) is 3.33. The van der Waals surface area contributed by atoms with E-state index in [0.717, 1.165) is 21.5 Å². The van der Waals surface area contributed by atoms with E-state index in [4.69, 9.17) is 4.74 Å². The van der Waals surface area contributed by atoms with Crippen LogP contribution in [0.15, 0.2) is 40.9 Å². The minimum absolute atomic E-state index is 0.0353. The summed E-state index contributed by atoms with van der Waals surface area (Å²) in [5.74, 6) is 0.844. The zero-order chi connectivity index (χ0) is 15.4. The van der Waals surface area contributed by atoms with Crippen LogP contribution in [0.1, 0.15) is 29.7 Å². The SMILES string of the molecule is COc1ccc(C)cc1C(C)Nc1ccc(Br)cc1C#N. The molecule has 0 fully saturated rings. The quantitative estimate of drug-likeness (QED) is 0.865. The lowest BCUT2D eigenvalue weighted by atomic mass is 10.0. The van der Waals surface area contributed by atoms with Gasteiger partial charge in [0.05, 0.1) is 24.4 Å². The molecule has 0 amide bonds.